The molecule has 2 aromatic rings. The lowest BCUT2D eigenvalue weighted by atomic mass is 9.78. The number of thioether (sulfide) groups is 1. The first kappa shape index (κ1) is 23.5. The van der Waals surface area contributed by atoms with E-state index in [0.717, 1.165) is 5.56 Å². The third-order valence-electron chi connectivity index (χ3n) is 4.50. The average molecular weight is 418 g/mol. The summed E-state index contributed by atoms with van der Waals surface area (Å²) in [5.74, 6) is 3.53. The van der Waals surface area contributed by atoms with E-state index in [9.17, 15) is 24.9 Å². The molecule has 0 aliphatic heterocycles. The first-order chi connectivity index (χ1) is 14.0. The molecule has 2 unspecified atom stereocenters. The van der Waals surface area contributed by atoms with Gasteiger partial charge in [-0.05, 0) is 38.5 Å². The maximum Gasteiger partial charge on any atom is 0.176 e. The number of hydrogen-bond donors (Lipinski definition) is 3. The Bertz CT molecular complexity index is 1010. The van der Waals surface area contributed by atoms with Gasteiger partial charge in [0.25, 0.3) is 0 Å². The highest BCUT2D eigenvalue weighted by Crippen LogP contribution is 2.34. The van der Waals surface area contributed by atoms with Crippen LogP contribution in [0.15, 0.2) is 24.3 Å². The number of hydrogen-bond acceptors (Lipinski definition) is 6. The van der Waals surface area contributed by atoms with Crippen molar-refractivity contribution in [2.75, 3.05) is 0 Å². The second-order valence-corrected chi connectivity index (χ2v) is 8.45. The zero-order valence-corrected chi connectivity index (χ0v) is 17.7. The fourth-order valence-corrected chi connectivity index (χ4v) is 4.04. The van der Waals surface area contributed by atoms with E-state index in [-0.39, 0.29) is 45.0 Å². The maximum atomic E-state index is 11.8. The second kappa shape index (κ2) is 9.82. The van der Waals surface area contributed by atoms with Gasteiger partial charge < -0.3 is 15.3 Å². The van der Waals surface area contributed by atoms with Gasteiger partial charge in [0.1, 0.15) is 38.6 Å². The van der Waals surface area contributed by atoms with Crippen molar-refractivity contribution in [1.82, 2.24) is 0 Å². The lowest BCUT2D eigenvalue weighted by Gasteiger charge is -2.18. The molecule has 150 valence electrons. The molecule has 0 aromatic heterocycles. The Hall–Kier alpha value is -2.78. The highest BCUT2D eigenvalue weighted by atomic mass is 32.2. The van der Waals surface area contributed by atoms with Crippen molar-refractivity contribution in [2.45, 2.75) is 37.7 Å². The lowest BCUT2D eigenvalue weighted by molar-refractivity contribution is -0.121. The number of benzene rings is 2. The third kappa shape index (κ3) is 5.43. The van der Waals surface area contributed by atoms with Crippen molar-refractivity contribution in [1.29, 1.82) is 0 Å². The van der Waals surface area contributed by atoms with E-state index in [1.165, 1.54) is 25.6 Å². The Labute approximate surface area is 182 Å². The van der Waals surface area contributed by atoms with Gasteiger partial charge in [0, 0.05) is 17.2 Å². The van der Waals surface area contributed by atoms with E-state index >= 15 is 0 Å². The van der Waals surface area contributed by atoms with Crippen LogP contribution in [0, 0.1) is 11.8 Å². The Morgan fingerprint density at radius 2 is 1.53 bits per heavy atom. The quantitative estimate of drug-likeness (QED) is 0.285. The molecule has 4 radical (unpaired) electrons. The van der Waals surface area contributed by atoms with E-state index < -0.39 is 17.2 Å². The van der Waals surface area contributed by atoms with Crippen molar-refractivity contribution in [3.63, 3.8) is 0 Å². The molecule has 2 atom stereocenters. The van der Waals surface area contributed by atoms with Gasteiger partial charge in [-0.2, -0.15) is 0 Å². The zero-order valence-electron chi connectivity index (χ0n) is 16.9. The molecule has 8 heteroatoms. The first-order valence-corrected chi connectivity index (χ1v) is 10.1. The Morgan fingerprint density at radius 3 is 2.07 bits per heavy atom. The minimum Gasteiger partial charge on any atom is -0.507 e. The summed E-state index contributed by atoms with van der Waals surface area (Å²) >= 11 is 1.43. The molecule has 2 rings (SSSR count). The van der Waals surface area contributed by atoms with Crippen LogP contribution in [0.25, 0.3) is 0 Å². The van der Waals surface area contributed by atoms with Crippen LogP contribution in [0.2, 0.25) is 0 Å². The van der Waals surface area contributed by atoms with Crippen molar-refractivity contribution in [2.24, 2.45) is 0 Å². The van der Waals surface area contributed by atoms with E-state index in [1.807, 2.05) is 19.1 Å². The van der Waals surface area contributed by atoms with Gasteiger partial charge in [0.15, 0.2) is 11.5 Å². The van der Waals surface area contributed by atoms with Crippen LogP contribution in [0.1, 0.15) is 49.1 Å². The topological polar surface area (TPSA) is 94.8 Å². The minimum atomic E-state index is -0.644. The maximum absolute atomic E-state index is 11.8. The molecule has 0 saturated heterocycles. The van der Waals surface area contributed by atoms with Gasteiger partial charge >= 0.3 is 0 Å². The molecule has 0 fully saturated rings. The Balaban J connectivity index is 2.22. The average Bonchev–Trinajstić information content (AvgIpc) is 2.70. The van der Waals surface area contributed by atoms with E-state index in [1.54, 1.807) is 12.1 Å². The van der Waals surface area contributed by atoms with E-state index in [4.69, 9.17) is 15.7 Å². The van der Waals surface area contributed by atoms with Gasteiger partial charge in [-0.3, -0.25) is 9.59 Å². The third-order valence-corrected chi connectivity index (χ3v) is 6.01. The predicted molar refractivity (Wildman–Crippen MR) is 120 cm³/mol. The molecule has 0 bridgehead atoms. The number of carbonyl (C=O) groups is 2. The van der Waals surface area contributed by atoms with E-state index in [0.29, 0.717) is 5.56 Å². The minimum absolute atomic E-state index is 0.0119. The number of ketones is 2. The number of phenols is 3. The molecule has 0 heterocycles. The summed E-state index contributed by atoms with van der Waals surface area (Å²) in [6.45, 7) is 4.91. The van der Waals surface area contributed by atoms with Crippen LogP contribution in [-0.2, 0) is 9.59 Å². The summed E-state index contributed by atoms with van der Waals surface area (Å²) < 4.78 is 0. The van der Waals surface area contributed by atoms with Gasteiger partial charge in [-0.1, -0.05) is 34.9 Å². The molecule has 0 aliphatic carbocycles. The lowest BCUT2D eigenvalue weighted by Crippen LogP contribution is -2.26. The van der Waals surface area contributed by atoms with Crippen LogP contribution < -0.4 is 10.9 Å². The van der Waals surface area contributed by atoms with Crippen LogP contribution in [0.5, 0.6) is 17.2 Å². The molecule has 0 amide bonds. The summed E-state index contributed by atoms with van der Waals surface area (Å²) in [7, 11) is 11.1. The highest BCUT2D eigenvalue weighted by Gasteiger charge is 2.21. The van der Waals surface area contributed by atoms with Crippen molar-refractivity contribution in [3.8, 4) is 29.1 Å². The summed E-state index contributed by atoms with van der Waals surface area (Å²) in [5.41, 5.74) is 0.749. The second-order valence-electron chi connectivity index (χ2n) is 6.90. The summed E-state index contributed by atoms with van der Waals surface area (Å²) in [5, 5.41) is 29.4. The standard InChI is InChI=1S/C22H20B2O5S/c1-11(25)10-17(12(2)26)30-13(3)15-7-4-14(5-8-15)6-9-16-20(27)18(23)19(24)22(29)21(16)28/h4-5,7-8,13,17,27-29H,10H2,1-3H3. The van der Waals surface area contributed by atoms with Gasteiger partial charge in [-0.15, -0.1) is 11.8 Å². The van der Waals surface area contributed by atoms with Crippen molar-refractivity contribution >= 4 is 49.9 Å². The Morgan fingerprint density at radius 1 is 0.967 bits per heavy atom. The number of phenolic OH excluding ortho intramolecular Hbond substituents is 3. The van der Waals surface area contributed by atoms with E-state index in [2.05, 4.69) is 11.8 Å². The van der Waals surface area contributed by atoms with Crippen LogP contribution in [0.3, 0.4) is 0 Å². The fraction of sp³-hybridized carbons (Fsp3) is 0.273. The van der Waals surface area contributed by atoms with Crippen LogP contribution >= 0.6 is 11.8 Å². The van der Waals surface area contributed by atoms with Gasteiger partial charge in [-0.25, -0.2) is 0 Å². The molecule has 0 spiro atoms. The zero-order chi connectivity index (χ0) is 22.6. The summed E-state index contributed by atoms with van der Waals surface area (Å²) in [4.78, 5) is 23.1. The van der Waals surface area contributed by atoms with Gasteiger partial charge in [0.2, 0.25) is 0 Å². The highest BCUT2D eigenvalue weighted by molar-refractivity contribution is 8.00. The fourth-order valence-electron chi connectivity index (χ4n) is 2.71. The summed E-state index contributed by atoms with van der Waals surface area (Å²) in [6.07, 6.45) is 0.207. The molecule has 5 nitrogen and oxygen atoms in total. The van der Waals surface area contributed by atoms with Crippen molar-refractivity contribution in [3.05, 3.63) is 41.0 Å². The normalized spacial score (nSPS) is 12.5. The number of carbonyl (C=O) groups excluding carboxylic acids is 2. The smallest absolute Gasteiger partial charge is 0.176 e. The predicted octanol–water partition coefficient (Wildman–Crippen LogP) is 1.52. The van der Waals surface area contributed by atoms with Gasteiger partial charge in [0.05, 0.1) is 5.25 Å². The largest absolute Gasteiger partial charge is 0.507 e. The van der Waals surface area contributed by atoms with Crippen molar-refractivity contribution < 1.29 is 24.9 Å². The Kier molecular flexibility index (Phi) is 7.69. The van der Waals surface area contributed by atoms with Crippen LogP contribution in [0.4, 0.5) is 0 Å². The summed E-state index contributed by atoms with van der Waals surface area (Å²) in [6, 6.07) is 7.20. The monoisotopic (exact) mass is 418 g/mol. The molecule has 0 saturated carbocycles. The molecule has 0 aliphatic rings. The van der Waals surface area contributed by atoms with Crippen LogP contribution in [-0.4, -0.2) is 47.8 Å². The molecule has 2 aromatic carbocycles. The number of rotatable bonds is 6. The SMILES string of the molecule is [B]c1c([B])c(O)c(C#Cc2ccc(C(C)SC(CC(C)=O)C(C)=O)cc2)c(O)c1O. The molecule has 3 N–H and O–H groups in total. The first-order valence-electron chi connectivity index (χ1n) is 9.12. The number of Topliss-reactive ketones (excluding diaryl/α,β-unsaturated/α-hetero) is 2. The molecular weight excluding hydrogens is 398 g/mol. The molecular formula is C22H20B2O5S. The number of aromatic hydroxyl groups is 3. The molecule has 30 heavy (non-hydrogen) atoms.